The van der Waals surface area contributed by atoms with Gasteiger partial charge in [0.15, 0.2) is 6.10 Å². The first-order valence-corrected chi connectivity index (χ1v) is 9.94. The molecule has 26 heavy (non-hydrogen) atoms. The molecule has 0 aliphatic heterocycles. The van der Waals surface area contributed by atoms with Crippen molar-refractivity contribution in [3.8, 4) is 0 Å². The van der Waals surface area contributed by atoms with Gasteiger partial charge in [0.25, 0.3) is 5.91 Å². The van der Waals surface area contributed by atoms with Crippen LogP contribution >= 0.6 is 0 Å². The molecule has 1 amide bonds. The van der Waals surface area contributed by atoms with E-state index < -0.39 is 12.1 Å². The molecule has 0 spiro atoms. The maximum absolute atomic E-state index is 12.7. The summed E-state index contributed by atoms with van der Waals surface area (Å²) in [7, 11) is 0. The fraction of sp³-hybridized carbons (Fsp3) is 0.636. The predicted octanol–water partition coefficient (Wildman–Crippen LogP) is 3.93. The number of benzene rings is 1. The Morgan fingerprint density at radius 1 is 1.04 bits per heavy atom. The Bertz CT molecular complexity index is 704. The van der Waals surface area contributed by atoms with E-state index in [0.29, 0.717) is 5.56 Å². The molecule has 0 saturated heterocycles. The fourth-order valence-electron chi connectivity index (χ4n) is 5.78. The van der Waals surface area contributed by atoms with E-state index in [1.54, 1.807) is 13.0 Å². The van der Waals surface area contributed by atoms with E-state index in [-0.39, 0.29) is 11.4 Å². The molecule has 5 rings (SSSR count). The van der Waals surface area contributed by atoms with E-state index in [1.807, 2.05) is 26.0 Å². The number of hydrogen-bond acceptors (Lipinski definition) is 3. The van der Waals surface area contributed by atoms with Gasteiger partial charge in [-0.15, -0.1) is 0 Å². The number of hydrogen-bond donors (Lipinski definition) is 1. The van der Waals surface area contributed by atoms with Crippen molar-refractivity contribution in [2.45, 2.75) is 70.9 Å². The molecule has 4 heteroatoms. The van der Waals surface area contributed by atoms with Crippen LogP contribution in [0.25, 0.3) is 0 Å². The topological polar surface area (TPSA) is 55.4 Å². The van der Waals surface area contributed by atoms with Gasteiger partial charge in [0.2, 0.25) is 0 Å². The van der Waals surface area contributed by atoms with Gasteiger partial charge in [-0.2, -0.15) is 0 Å². The van der Waals surface area contributed by atoms with E-state index in [1.165, 1.54) is 19.3 Å². The number of carbonyl (C=O) groups excluding carboxylic acids is 2. The van der Waals surface area contributed by atoms with Crippen LogP contribution in [0.1, 0.15) is 66.9 Å². The van der Waals surface area contributed by atoms with Crippen molar-refractivity contribution in [3.63, 3.8) is 0 Å². The van der Waals surface area contributed by atoms with Gasteiger partial charge >= 0.3 is 5.97 Å². The zero-order valence-electron chi connectivity index (χ0n) is 16.0. The summed E-state index contributed by atoms with van der Waals surface area (Å²) in [6, 6.07) is 5.49. The molecule has 1 aromatic carbocycles. The lowest BCUT2D eigenvalue weighted by Crippen LogP contribution is -2.61. The van der Waals surface area contributed by atoms with Crippen LogP contribution in [-0.2, 0) is 9.53 Å². The van der Waals surface area contributed by atoms with Crippen LogP contribution in [0.2, 0.25) is 0 Å². The Morgan fingerprint density at radius 3 is 2.15 bits per heavy atom. The highest BCUT2D eigenvalue weighted by atomic mass is 16.5. The molecule has 4 bridgehead atoms. The van der Waals surface area contributed by atoms with Crippen molar-refractivity contribution in [2.24, 2.45) is 17.8 Å². The maximum atomic E-state index is 12.7. The molecule has 1 atom stereocenters. The number of carbonyl (C=O) groups is 2. The number of amides is 1. The standard InChI is InChI=1S/C22H29NO3/c1-13-4-5-19(6-14(13)2)21(25)26-15(3)20(24)23-22-10-16-7-17(11-22)9-18(8-16)12-22/h4-6,15-18H,7-12H2,1-3H3,(H,23,24)/t15-,16?,17?,18?,22?/m0/s1. The lowest BCUT2D eigenvalue weighted by atomic mass is 9.53. The highest BCUT2D eigenvalue weighted by molar-refractivity contribution is 5.92. The zero-order chi connectivity index (χ0) is 18.5. The number of ether oxygens (including phenoxy) is 1. The first-order chi connectivity index (χ1) is 12.3. The average Bonchev–Trinajstić information content (AvgIpc) is 2.55. The molecule has 0 aromatic heterocycles. The summed E-state index contributed by atoms with van der Waals surface area (Å²) in [6.07, 6.45) is 6.55. The van der Waals surface area contributed by atoms with Crippen LogP contribution in [0.5, 0.6) is 0 Å². The van der Waals surface area contributed by atoms with E-state index in [4.69, 9.17) is 4.74 Å². The van der Waals surface area contributed by atoms with Crippen molar-refractivity contribution in [3.05, 3.63) is 34.9 Å². The van der Waals surface area contributed by atoms with Gasteiger partial charge in [0.05, 0.1) is 5.56 Å². The quantitative estimate of drug-likeness (QED) is 0.833. The number of rotatable bonds is 4. The Balaban J connectivity index is 1.39. The van der Waals surface area contributed by atoms with Crippen molar-refractivity contribution in [2.75, 3.05) is 0 Å². The summed E-state index contributed by atoms with van der Waals surface area (Å²) >= 11 is 0. The highest BCUT2D eigenvalue weighted by Crippen LogP contribution is 2.55. The summed E-state index contributed by atoms with van der Waals surface area (Å²) < 4.78 is 5.46. The SMILES string of the molecule is Cc1ccc(C(=O)O[C@@H](C)C(=O)NC23CC4CC(CC(C4)C2)C3)cc1C. The molecule has 0 radical (unpaired) electrons. The van der Waals surface area contributed by atoms with Crippen LogP contribution in [-0.4, -0.2) is 23.5 Å². The van der Waals surface area contributed by atoms with E-state index in [2.05, 4.69) is 5.32 Å². The summed E-state index contributed by atoms with van der Waals surface area (Å²) in [5.41, 5.74) is 2.63. The monoisotopic (exact) mass is 355 g/mol. The van der Waals surface area contributed by atoms with Crippen molar-refractivity contribution < 1.29 is 14.3 Å². The van der Waals surface area contributed by atoms with Crippen LogP contribution < -0.4 is 5.32 Å². The van der Waals surface area contributed by atoms with Crippen molar-refractivity contribution in [1.82, 2.24) is 5.32 Å². The van der Waals surface area contributed by atoms with Gasteiger partial charge in [-0.3, -0.25) is 4.79 Å². The molecule has 4 aliphatic carbocycles. The smallest absolute Gasteiger partial charge is 0.338 e. The van der Waals surface area contributed by atoms with Gasteiger partial charge in [0, 0.05) is 5.54 Å². The first kappa shape index (κ1) is 17.6. The summed E-state index contributed by atoms with van der Waals surface area (Å²) in [6.45, 7) is 5.65. The lowest BCUT2D eigenvalue weighted by molar-refractivity contribution is -0.134. The van der Waals surface area contributed by atoms with Crippen molar-refractivity contribution in [1.29, 1.82) is 0 Å². The second-order valence-corrected chi connectivity index (χ2v) is 9.03. The summed E-state index contributed by atoms with van der Waals surface area (Å²) in [4.78, 5) is 25.1. The fourth-order valence-corrected chi connectivity index (χ4v) is 5.78. The molecular weight excluding hydrogens is 326 g/mol. The van der Waals surface area contributed by atoms with Crippen LogP contribution in [0.4, 0.5) is 0 Å². The minimum atomic E-state index is -0.767. The molecule has 4 saturated carbocycles. The molecule has 4 nitrogen and oxygen atoms in total. The normalized spacial score (nSPS) is 33.0. The third-order valence-electron chi connectivity index (χ3n) is 6.82. The van der Waals surface area contributed by atoms with E-state index in [0.717, 1.165) is 48.1 Å². The van der Waals surface area contributed by atoms with E-state index >= 15 is 0 Å². The summed E-state index contributed by atoms with van der Waals surface area (Å²) in [5, 5.41) is 3.29. The second-order valence-electron chi connectivity index (χ2n) is 9.03. The molecule has 1 N–H and O–H groups in total. The van der Waals surface area contributed by atoms with Gasteiger partial charge in [-0.25, -0.2) is 4.79 Å². The molecular formula is C22H29NO3. The average molecular weight is 355 g/mol. The van der Waals surface area contributed by atoms with E-state index in [9.17, 15) is 9.59 Å². The molecule has 4 fully saturated rings. The second kappa shape index (κ2) is 6.40. The van der Waals surface area contributed by atoms with Crippen molar-refractivity contribution >= 4 is 11.9 Å². The largest absolute Gasteiger partial charge is 0.449 e. The predicted molar refractivity (Wildman–Crippen MR) is 99.8 cm³/mol. The Kier molecular flexibility index (Phi) is 4.32. The third kappa shape index (κ3) is 3.26. The molecule has 0 unspecified atom stereocenters. The molecule has 1 aromatic rings. The molecule has 140 valence electrons. The number of esters is 1. The lowest BCUT2D eigenvalue weighted by Gasteiger charge is -2.57. The first-order valence-electron chi connectivity index (χ1n) is 9.94. The van der Waals surface area contributed by atoms with Gasteiger partial charge in [0.1, 0.15) is 0 Å². The Labute approximate surface area is 155 Å². The van der Waals surface area contributed by atoms with Gasteiger partial charge < -0.3 is 10.1 Å². The van der Waals surface area contributed by atoms with Crippen LogP contribution in [0.3, 0.4) is 0 Å². The van der Waals surface area contributed by atoms with Gasteiger partial charge in [-0.05, 0) is 100 Å². The number of nitrogens with one attached hydrogen (secondary N) is 1. The maximum Gasteiger partial charge on any atom is 0.338 e. The van der Waals surface area contributed by atoms with Crippen LogP contribution in [0, 0.1) is 31.6 Å². The van der Waals surface area contributed by atoms with Gasteiger partial charge in [-0.1, -0.05) is 6.07 Å². The minimum absolute atomic E-state index is 0.0487. The number of aryl methyl sites for hydroxylation is 2. The Morgan fingerprint density at radius 2 is 1.62 bits per heavy atom. The third-order valence-corrected chi connectivity index (χ3v) is 6.82. The summed E-state index contributed by atoms with van der Waals surface area (Å²) in [5.74, 6) is 1.74. The molecule has 0 heterocycles. The zero-order valence-corrected chi connectivity index (χ0v) is 16.0. The van der Waals surface area contributed by atoms with Crippen LogP contribution in [0.15, 0.2) is 18.2 Å². The minimum Gasteiger partial charge on any atom is -0.449 e. The molecule has 4 aliphatic rings. The highest BCUT2D eigenvalue weighted by Gasteiger charge is 2.51. The Hall–Kier alpha value is -1.84.